The molecule has 3 rings (SSSR count). The number of carbonyl (C=O) groups excluding carboxylic acids is 1. The Morgan fingerprint density at radius 1 is 1.04 bits per heavy atom. The summed E-state index contributed by atoms with van der Waals surface area (Å²) in [6, 6.07) is 19.3. The molecule has 1 atom stereocenters. The molecule has 0 aliphatic heterocycles. The van der Waals surface area contributed by atoms with Gasteiger partial charge in [-0.3, -0.25) is 9.36 Å². The number of hydrogen-bond donors (Lipinski definition) is 1. The molecule has 0 aliphatic carbocycles. The molecule has 3 aromatic rings. The van der Waals surface area contributed by atoms with Crippen molar-refractivity contribution in [1.82, 2.24) is 14.8 Å². The highest BCUT2D eigenvalue weighted by Gasteiger charge is 2.19. The Bertz CT molecular complexity index is 818. The van der Waals surface area contributed by atoms with Gasteiger partial charge in [0.05, 0.1) is 5.25 Å². The average Bonchev–Trinajstić information content (AvgIpc) is 2.97. The lowest BCUT2D eigenvalue weighted by atomic mass is 10.3. The first-order chi connectivity index (χ1) is 11.6. The van der Waals surface area contributed by atoms with Crippen molar-refractivity contribution in [2.45, 2.75) is 24.3 Å². The van der Waals surface area contributed by atoms with Crippen LogP contribution in [0.15, 0.2) is 65.8 Å². The van der Waals surface area contributed by atoms with Crippen LogP contribution in [0.5, 0.6) is 0 Å². The minimum Gasteiger partial charge on any atom is -0.325 e. The van der Waals surface area contributed by atoms with Crippen LogP contribution in [0.4, 0.5) is 5.69 Å². The Kier molecular flexibility index (Phi) is 4.96. The minimum atomic E-state index is -0.295. The van der Waals surface area contributed by atoms with E-state index in [2.05, 4.69) is 15.5 Å². The molecule has 1 N–H and O–H groups in total. The van der Waals surface area contributed by atoms with E-state index in [1.807, 2.05) is 79.1 Å². The largest absolute Gasteiger partial charge is 0.325 e. The second-order valence-electron chi connectivity index (χ2n) is 5.32. The van der Waals surface area contributed by atoms with E-state index in [0.29, 0.717) is 5.16 Å². The van der Waals surface area contributed by atoms with Gasteiger partial charge in [-0.2, -0.15) is 0 Å². The maximum Gasteiger partial charge on any atom is 0.237 e. The van der Waals surface area contributed by atoms with E-state index in [1.165, 1.54) is 11.8 Å². The molecular formula is C18H18N4OS. The fourth-order valence-electron chi connectivity index (χ4n) is 2.27. The van der Waals surface area contributed by atoms with Crippen LogP contribution in [-0.4, -0.2) is 25.9 Å². The van der Waals surface area contributed by atoms with Crippen molar-refractivity contribution in [3.8, 4) is 5.69 Å². The molecule has 2 aromatic carbocycles. The van der Waals surface area contributed by atoms with E-state index in [-0.39, 0.29) is 11.2 Å². The number of thioether (sulfide) groups is 1. The van der Waals surface area contributed by atoms with Crippen LogP contribution in [0, 0.1) is 6.92 Å². The van der Waals surface area contributed by atoms with E-state index in [9.17, 15) is 4.79 Å². The first-order valence-electron chi connectivity index (χ1n) is 7.65. The zero-order chi connectivity index (χ0) is 16.9. The maximum atomic E-state index is 12.4. The Labute approximate surface area is 145 Å². The lowest BCUT2D eigenvalue weighted by Crippen LogP contribution is -2.22. The van der Waals surface area contributed by atoms with Gasteiger partial charge in [0, 0.05) is 11.4 Å². The van der Waals surface area contributed by atoms with Gasteiger partial charge in [-0.1, -0.05) is 48.2 Å². The summed E-state index contributed by atoms with van der Waals surface area (Å²) in [5.41, 5.74) is 1.77. The topological polar surface area (TPSA) is 59.8 Å². The molecule has 5 nitrogen and oxygen atoms in total. The number of amides is 1. The lowest BCUT2D eigenvalue weighted by molar-refractivity contribution is -0.115. The summed E-state index contributed by atoms with van der Waals surface area (Å²) >= 11 is 1.39. The van der Waals surface area contributed by atoms with E-state index < -0.39 is 0 Å². The van der Waals surface area contributed by atoms with Crippen LogP contribution < -0.4 is 5.32 Å². The van der Waals surface area contributed by atoms with E-state index in [0.717, 1.165) is 17.2 Å². The molecule has 0 aliphatic rings. The number of nitrogens with one attached hydrogen (secondary N) is 1. The van der Waals surface area contributed by atoms with Crippen LogP contribution >= 0.6 is 11.8 Å². The average molecular weight is 338 g/mol. The molecule has 1 amide bonds. The van der Waals surface area contributed by atoms with Gasteiger partial charge >= 0.3 is 0 Å². The summed E-state index contributed by atoms with van der Waals surface area (Å²) in [5, 5.41) is 11.7. The fourth-order valence-corrected chi connectivity index (χ4v) is 3.18. The van der Waals surface area contributed by atoms with Crippen molar-refractivity contribution in [3.63, 3.8) is 0 Å². The van der Waals surface area contributed by atoms with Crippen LogP contribution in [0.25, 0.3) is 5.69 Å². The molecular weight excluding hydrogens is 320 g/mol. The van der Waals surface area contributed by atoms with Gasteiger partial charge in [0.2, 0.25) is 5.91 Å². The number of aromatic nitrogens is 3. The first-order valence-corrected chi connectivity index (χ1v) is 8.53. The van der Waals surface area contributed by atoms with Crippen LogP contribution in [0.3, 0.4) is 0 Å². The number of nitrogens with zero attached hydrogens (tertiary/aromatic N) is 3. The number of carbonyl (C=O) groups is 1. The van der Waals surface area contributed by atoms with Gasteiger partial charge < -0.3 is 5.32 Å². The van der Waals surface area contributed by atoms with Crippen molar-refractivity contribution in [2.24, 2.45) is 0 Å². The maximum absolute atomic E-state index is 12.4. The third-order valence-corrected chi connectivity index (χ3v) is 4.54. The van der Waals surface area contributed by atoms with Crippen LogP contribution in [0.2, 0.25) is 0 Å². The second kappa shape index (κ2) is 7.31. The third kappa shape index (κ3) is 3.65. The predicted molar refractivity (Wildman–Crippen MR) is 96.5 cm³/mol. The van der Waals surface area contributed by atoms with Crippen molar-refractivity contribution in [1.29, 1.82) is 0 Å². The van der Waals surface area contributed by atoms with E-state index in [1.54, 1.807) is 0 Å². The summed E-state index contributed by atoms with van der Waals surface area (Å²) in [7, 11) is 0. The molecule has 24 heavy (non-hydrogen) atoms. The third-order valence-electron chi connectivity index (χ3n) is 3.50. The monoisotopic (exact) mass is 338 g/mol. The molecule has 0 bridgehead atoms. The number of benzene rings is 2. The van der Waals surface area contributed by atoms with Gasteiger partial charge in [-0.15, -0.1) is 10.2 Å². The summed E-state index contributed by atoms with van der Waals surface area (Å²) in [5.74, 6) is 0.728. The molecule has 0 saturated carbocycles. The Morgan fingerprint density at radius 3 is 2.33 bits per heavy atom. The van der Waals surface area contributed by atoms with Gasteiger partial charge in [0.15, 0.2) is 5.16 Å². The highest BCUT2D eigenvalue weighted by molar-refractivity contribution is 8.00. The number of para-hydroxylation sites is 2. The number of aryl methyl sites for hydroxylation is 1. The molecule has 0 saturated heterocycles. The van der Waals surface area contributed by atoms with Gasteiger partial charge in [-0.25, -0.2) is 0 Å². The molecule has 0 spiro atoms. The van der Waals surface area contributed by atoms with Crippen LogP contribution in [0.1, 0.15) is 12.7 Å². The highest BCUT2D eigenvalue weighted by atomic mass is 32.2. The smallest absolute Gasteiger partial charge is 0.237 e. The molecule has 122 valence electrons. The van der Waals surface area contributed by atoms with E-state index >= 15 is 0 Å². The summed E-state index contributed by atoms with van der Waals surface area (Å²) in [4.78, 5) is 12.4. The Hall–Kier alpha value is -2.60. The van der Waals surface area contributed by atoms with Crippen molar-refractivity contribution < 1.29 is 4.79 Å². The zero-order valence-corrected chi connectivity index (χ0v) is 14.3. The van der Waals surface area contributed by atoms with Crippen molar-refractivity contribution in [3.05, 3.63) is 66.5 Å². The fraction of sp³-hybridized carbons (Fsp3) is 0.167. The van der Waals surface area contributed by atoms with Gasteiger partial charge in [0.1, 0.15) is 5.82 Å². The summed E-state index contributed by atoms with van der Waals surface area (Å²) < 4.78 is 1.96. The van der Waals surface area contributed by atoms with Crippen molar-refractivity contribution in [2.75, 3.05) is 5.32 Å². The predicted octanol–water partition coefficient (Wildman–Crippen LogP) is 3.70. The molecule has 0 fully saturated rings. The zero-order valence-electron chi connectivity index (χ0n) is 13.5. The second-order valence-corrected chi connectivity index (χ2v) is 6.62. The Balaban J connectivity index is 1.75. The standard InChI is InChI=1S/C18H18N4OS/c1-13(17(23)19-15-9-5-3-6-10-15)24-18-21-20-14(2)22(18)16-11-7-4-8-12-16/h3-13H,1-2H3,(H,19,23). The molecule has 6 heteroatoms. The number of rotatable bonds is 5. The van der Waals surface area contributed by atoms with Gasteiger partial charge in [0.25, 0.3) is 0 Å². The summed E-state index contributed by atoms with van der Waals surface area (Å²) in [6.45, 7) is 3.76. The lowest BCUT2D eigenvalue weighted by Gasteiger charge is -2.13. The molecule has 1 heterocycles. The van der Waals surface area contributed by atoms with Gasteiger partial charge in [-0.05, 0) is 38.1 Å². The SMILES string of the molecule is Cc1nnc(SC(C)C(=O)Nc2ccccc2)n1-c1ccccc1. The molecule has 1 unspecified atom stereocenters. The summed E-state index contributed by atoms with van der Waals surface area (Å²) in [6.07, 6.45) is 0. The normalized spacial score (nSPS) is 11.9. The van der Waals surface area contributed by atoms with Crippen LogP contribution in [-0.2, 0) is 4.79 Å². The molecule has 1 aromatic heterocycles. The van der Waals surface area contributed by atoms with E-state index in [4.69, 9.17) is 0 Å². The van der Waals surface area contributed by atoms with Crippen molar-refractivity contribution >= 4 is 23.4 Å². The highest BCUT2D eigenvalue weighted by Crippen LogP contribution is 2.26. The number of hydrogen-bond acceptors (Lipinski definition) is 4. The molecule has 0 radical (unpaired) electrons. The first kappa shape index (κ1) is 16.3. The number of anilines is 1. The minimum absolute atomic E-state index is 0.0635. The quantitative estimate of drug-likeness (QED) is 0.721. The Morgan fingerprint density at radius 2 is 1.67 bits per heavy atom.